The van der Waals surface area contributed by atoms with Crippen LogP contribution in [0.5, 0.6) is 0 Å². The van der Waals surface area contributed by atoms with Gasteiger partial charge >= 0.3 is 0 Å². The summed E-state index contributed by atoms with van der Waals surface area (Å²) >= 11 is 0. The maximum atomic E-state index is 11.8. The number of nitrogens with zero attached hydrogens (tertiary/aromatic N) is 1. The van der Waals surface area contributed by atoms with Crippen molar-refractivity contribution in [1.82, 2.24) is 5.43 Å². The summed E-state index contributed by atoms with van der Waals surface area (Å²) in [5, 5.41) is 7.25. The SMILES string of the molecule is CC/C(=N/NC(=O)CNc1ccccc1)c1ccccc1. The van der Waals surface area contributed by atoms with Crippen LogP contribution in [-0.4, -0.2) is 18.2 Å². The van der Waals surface area contributed by atoms with Gasteiger partial charge in [-0.2, -0.15) is 5.10 Å². The molecule has 2 rings (SSSR count). The van der Waals surface area contributed by atoms with Crippen LogP contribution < -0.4 is 10.7 Å². The molecule has 4 nitrogen and oxygen atoms in total. The van der Waals surface area contributed by atoms with Crippen LogP contribution in [0.25, 0.3) is 0 Å². The highest BCUT2D eigenvalue weighted by Gasteiger charge is 2.03. The van der Waals surface area contributed by atoms with E-state index in [1.165, 1.54) is 0 Å². The van der Waals surface area contributed by atoms with E-state index in [-0.39, 0.29) is 12.5 Å². The van der Waals surface area contributed by atoms with Crippen molar-refractivity contribution >= 4 is 17.3 Å². The molecule has 21 heavy (non-hydrogen) atoms. The predicted octanol–water partition coefficient (Wildman–Crippen LogP) is 3.03. The Balaban J connectivity index is 1.88. The van der Waals surface area contributed by atoms with Gasteiger partial charge in [-0.25, -0.2) is 5.43 Å². The lowest BCUT2D eigenvalue weighted by atomic mass is 10.1. The molecule has 0 aliphatic heterocycles. The number of nitrogens with one attached hydrogen (secondary N) is 2. The molecule has 0 fully saturated rings. The van der Waals surface area contributed by atoms with Crippen LogP contribution in [0.15, 0.2) is 65.8 Å². The van der Waals surface area contributed by atoms with Crippen molar-refractivity contribution in [3.8, 4) is 0 Å². The Labute approximate surface area is 124 Å². The van der Waals surface area contributed by atoms with Crippen molar-refractivity contribution in [2.45, 2.75) is 13.3 Å². The van der Waals surface area contributed by atoms with Gasteiger partial charge in [0.25, 0.3) is 5.91 Å². The molecule has 0 saturated heterocycles. The smallest absolute Gasteiger partial charge is 0.259 e. The van der Waals surface area contributed by atoms with Gasteiger partial charge in [-0.05, 0) is 24.1 Å². The van der Waals surface area contributed by atoms with Gasteiger partial charge in [-0.3, -0.25) is 4.79 Å². The maximum Gasteiger partial charge on any atom is 0.259 e. The standard InChI is InChI=1S/C17H19N3O/c1-2-16(14-9-5-3-6-10-14)19-20-17(21)13-18-15-11-7-4-8-12-15/h3-12,18H,2,13H2,1H3,(H,20,21)/b19-16-. The van der Waals surface area contributed by atoms with E-state index in [0.717, 1.165) is 23.4 Å². The zero-order valence-electron chi connectivity index (χ0n) is 12.0. The average molecular weight is 281 g/mol. The Kier molecular flexibility index (Phi) is 5.52. The molecule has 0 bridgehead atoms. The highest BCUT2D eigenvalue weighted by molar-refractivity contribution is 6.00. The van der Waals surface area contributed by atoms with E-state index in [9.17, 15) is 4.79 Å². The van der Waals surface area contributed by atoms with E-state index in [2.05, 4.69) is 15.8 Å². The van der Waals surface area contributed by atoms with Gasteiger partial charge in [0.05, 0.1) is 12.3 Å². The Morgan fingerprint density at radius 3 is 2.24 bits per heavy atom. The molecule has 2 aromatic carbocycles. The third-order valence-corrected chi connectivity index (χ3v) is 2.98. The van der Waals surface area contributed by atoms with E-state index in [0.29, 0.717) is 0 Å². The second kappa shape index (κ2) is 7.85. The number of benzene rings is 2. The molecular formula is C17H19N3O. The summed E-state index contributed by atoms with van der Waals surface area (Å²) in [6.45, 7) is 2.21. The molecule has 0 unspecified atom stereocenters. The van der Waals surface area contributed by atoms with Crippen LogP contribution >= 0.6 is 0 Å². The van der Waals surface area contributed by atoms with Gasteiger partial charge in [0.1, 0.15) is 0 Å². The number of anilines is 1. The van der Waals surface area contributed by atoms with Crippen molar-refractivity contribution in [3.63, 3.8) is 0 Å². The van der Waals surface area contributed by atoms with Gasteiger partial charge < -0.3 is 5.32 Å². The van der Waals surface area contributed by atoms with Gasteiger partial charge in [0.2, 0.25) is 0 Å². The molecule has 2 N–H and O–H groups in total. The number of rotatable bonds is 6. The lowest BCUT2D eigenvalue weighted by Gasteiger charge is -2.07. The first-order valence-electron chi connectivity index (χ1n) is 6.99. The Hall–Kier alpha value is -2.62. The van der Waals surface area contributed by atoms with Crippen molar-refractivity contribution in [3.05, 3.63) is 66.2 Å². The molecule has 0 atom stereocenters. The fourth-order valence-corrected chi connectivity index (χ4v) is 1.89. The van der Waals surface area contributed by atoms with Crippen molar-refractivity contribution < 1.29 is 4.79 Å². The zero-order valence-corrected chi connectivity index (χ0v) is 12.0. The lowest BCUT2D eigenvalue weighted by Crippen LogP contribution is -2.27. The van der Waals surface area contributed by atoms with Crippen LogP contribution in [0, 0.1) is 0 Å². The summed E-state index contributed by atoms with van der Waals surface area (Å²) in [7, 11) is 0. The molecule has 4 heteroatoms. The molecule has 0 aliphatic carbocycles. The monoisotopic (exact) mass is 281 g/mol. The molecule has 0 spiro atoms. The maximum absolute atomic E-state index is 11.8. The summed E-state index contributed by atoms with van der Waals surface area (Å²) in [6.07, 6.45) is 0.760. The van der Waals surface area contributed by atoms with Crippen molar-refractivity contribution in [2.24, 2.45) is 5.10 Å². The average Bonchev–Trinajstić information content (AvgIpc) is 2.55. The van der Waals surface area contributed by atoms with Gasteiger partial charge in [0, 0.05) is 5.69 Å². The van der Waals surface area contributed by atoms with Crippen LogP contribution in [0.3, 0.4) is 0 Å². The first-order valence-corrected chi connectivity index (χ1v) is 6.99. The molecule has 0 aliphatic rings. The number of hydrogen-bond donors (Lipinski definition) is 2. The van der Waals surface area contributed by atoms with E-state index in [1.54, 1.807) is 0 Å². The largest absolute Gasteiger partial charge is 0.376 e. The third kappa shape index (κ3) is 4.76. The minimum Gasteiger partial charge on any atom is -0.376 e. The molecule has 1 amide bonds. The van der Waals surface area contributed by atoms with Crippen molar-refractivity contribution in [1.29, 1.82) is 0 Å². The molecule has 2 aromatic rings. The lowest BCUT2D eigenvalue weighted by molar-refractivity contribution is -0.119. The number of amides is 1. The Bertz CT molecular complexity index is 594. The van der Waals surface area contributed by atoms with Gasteiger partial charge in [-0.15, -0.1) is 0 Å². The summed E-state index contributed by atoms with van der Waals surface area (Å²) < 4.78 is 0. The molecular weight excluding hydrogens is 262 g/mol. The number of hydrogen-bond acceptors (Lipinski definition) is 3. The zero-order chi connectivity index (χ0) is 14.9. The van der Waals surface area contributed by atoms with Gasteiger partial charge in [0.15, 0.2) is 0 Å². The summed E-state index contributed by atoms with van der Waals surface area (Å²) in [5.74, 6) is -0.166. The van der Waals surface area contributed by atoms with E-state index in [4.69, 9.17) is 0 Å². The summed E-state index contributed by atoms with van der Waals surface area (Å²) in [6, 6.07) is 19.4. The predicted molar refractivity (Wildman–Crippen MR) is 86.3 cm³/mol. The number of carbonyl (C=O) groups is 1. The minimum absolute atomic E-state index is 0.166. The molecule has 0 saturated carbocycles. The highest BCUT2D eigenvalue weighted by atomic mass is 16.2. The normalized spacial score (nSPS) is 11.0. The van der Waals surface area contributed by atoms with Crippen LogP contribution in [-0.2, 0) is 4.79 Å². The van der Waals surface area contributed by atoms with Gasteiger partial charge in [-0.1, -0.05) is 55.5 Å². The fraction of sp³-hybridized carbons (Fsp3) is 0.176. The topological polar surface area (TPSA) is 53.5 Å². The quantitative estimate of drug-likeness (QED) is 0.631. The Morgan fingerprint density at radius 2 is 1.62 bits per heavy atom. The highest BCUT2D eigenvalue weighted by Crippen LogP contribution is 2.04. The number of para-hydroxylation sites is 1. The molecule has 108 valence electrons. The number of hydrazone groups is 1. The Morgan fingerprint density at radius 1 is 1.00 bits per heavy atom. The molecule has 0 radical (unpaired) electrons. The third-order valence-electron chi connectivity index (χ3n) is 2.98. The first kappa shape index (κ1) is 14.8. The summed E-state index contributed by atoms with van der Waals surface area (Å²) in [4.78, 5) is 11.8. The second-order valence-electron chi connectivity index (χ2n) is 4.53. The minimum atomic E-state index is -0.166. The van der Waals surface area contributed by atoms with E-state index in [1.807, 2.05) is 67.6 Å². The molecule has 0 heterocycles. The van der Waals surface area contributed by atoms with E-state index < -0.39 is 0 Å². The summed E-state index contributed by atoms with van der Waals surface area (Å²) in [5.41, 5.74) is 5.39. The van der Waals surface area contributed by atoms with E-state index >= 15 is 0 Å². The fourth-order valence-electron chi connectivity index (χ4n) is 1.89. The second-order valence-corrected chi connectivity index (χ2v) is 4.53. The van der Waals surface area contributed by atoms with Crippen LogP contribution in [0.1, 0.15) is 18.9 Å². The first-order chi connectivity index (χ1) is 10.3. The van der Waals surface area contributed by atoms with Crippen molar-refractivity contribution in [2.75, 3.05) is 11.9 Å². The van der Waals surface area contributed by atoms with Crippen LogP contribution in [0.4, 0.5) is 5.69 Å². The molecule has 0 aromatic heterocycles. The van der Waals surface area contributed by atoms with Crippen LogP contribution in [0.2, 0.25) is 0 Å². The number of carbonyl (C=O) groups excluding carboxylic acids is 1.